The van der Waals surface area contributed by atoms with E-state index >= 15 is 0 Å². The summed E-state index contributed by atoms with van der Waals surface area (Å²) in [5.41, 5.74) is 2.74. The Morgan fingerprint density at radius 3 is 2.70 bits per heavy atom. The smallest absolute Gasteiger partial charge is 0.236 e. The van der Waals surface area contributed by atoms with Crippen molar-refractivity contribution in [2.75, 3.05) is 11.1 Å². The van der Waals surface area contributed by atoms with Crippen LogP contribution < -0.4 is 5.32 Å². The van der Waals surface area contributed by atoms with Crippen LogP contribution in [0, 0.1) is 6.92 Å². The maximum Gasteiger partial charge on any atom is 0.236 e. The summed E-state index contributed by atoms with van der Waals surface area (Å²) >= 11 is 2.81. The first-order valence-corrected chi connectivity index (χ1v) is 12.3. The molecule has 0 saturated carbocycles. The molecule has 33 heavy (non-hydrogen) atoms. The number of amides is 1. The van der Waals surface area contributed by atoms with Gasteiger partial charge < -0.3 is 9.73 Å². The summed E-state index contributed by atoms with van der Waals surface area (Å²) in [5, 5.41) is 13.8. The fourth-order valence-electron chi connectivity index (χ4n) is 3.55. The number of benzene rings is 2. The Labute approximate surface area is 198 Å². The number of carbonyl (C=O) groups excluding carboxylic acids is 1. The number of aromatic nitrogens is 4. The molecule has 5 aromatic rings. The first kappa shape index (κ1) is 21.4. The van der Waals surface area contributed by atoms with Crippen LogP contribution >= 0.6 is 23.1 Å². The van der Waals surface area contributed by atoms with Gasteiger partial charge in [0.25, 0.3) is 0 Å². The fraction of sp³-hybridized carbons (Fsp3) is 0.167. The normalized spacial score (nSPS) is 11.2. The minimum Gasteiger partial charge on any atom is -0.453 e. The van der Waals surface area contributed by atoms with Crippen LogP contribution in [0.4, 0.5) is 5.13 Å². The van der Waals surface area contributed by atoms with Gasteiger partial charge in [0.1, 0.15) is 5.58 Å². The van der Waals surface area contributed by atoms with Crippen LogP contribution in [0.3, 0.4) is 0 Å². The number of rotatable bonds is 7. The summed E-state index contributed by atoms with van der Waals surface area (Å²) in [4.78, 5) is 18.3. The van der Waals surface area contributed by atoms with Gasteiger partial charge in [-0.05, 0) is 26.0 Å². The molecule has 3 heterocycles. The van der Waals surface area contributed by atoms with E-state index in [1.807, 2.05) is 79.1 Å². The van der Waals surface area contributed by atoms with E-state index in [1.165, 1.54) is 23.1 Å². The standard InChI is InChI=1S/C24H21N5O2S2/c1-3-29-22(19-13-17-11-7-8-12-18(17)31-19)27-28-24(29)32-14-20(30)25-23-26-21(15(2)33-23)16-9-5-4-6-10-16/h4-13H,3,14H2,1-2H3,(H,25,26,30). The molecule has 0 fully saturated rings. The molecule has 0 spiro atoms. The van der Waals surface area contributed by atoms with Gasteiger partial charge in [-0.3, -0.25) is 9.36 Å². The number of nitrogens with zero attached hydrogens (tertiary/aromatic N) is 4. The van der Waals surface area contributed by atoms with E-state index < -0.39 is 0 Å². The topological polar surface area (TPSA) is 85.8 Å². The lowest BCUT2D eigenvalue weighted by Gasteiger charge is -2.05. The summed E-state index contributed by atoms with van der Waals surface area (Å²) in [7, 11) is 0. The summed E-state index contributed by atoms with van der Waals surface area (Å²) in [5.74, 6) is 1.38. The van der Waals surface area contributed by atoms with E-state index in [-0.39, 0.29) is 11.7 Å². The Balaban J connectivity index is 1.28. The number of fused-ring (bicyclic) bond motifs is 1. The lowest BCUT2D eigenvalue weighted by molar-refractivity contribution is -0.113. The number of anilines is 1. The van der Waals surface area contributed by atoms with Crippen molar-refractivity contribution in [3.8, 4) is 22.8 Å². The number of thiazole rings is 1. The minimum absolute atomic E-state index is 0.135. The maximum atomic E-state index is 12.6. The molecule has 0 bridgehead atoms. The Bertz CT molecular complexity index is 1390. The number of para-hydroxylation sites is 1. The Morgan fingerprint density at radius 2 is 1.91 bits per heavy atom. The first-order chi connectivity index (χ1) is 16.1. The highest BCUT2D eigenvalue weighted by Gasteiger charge is 2.18. The number of carbonyl (C=O) groups is 1. The maximum absolute atomic E-state index is 12.6. The molecular formula is C24H21N5O2S2. The third kappa shape index (κ3) is 4.42. The number of hydrogen-bond acceptors (Lipinski definition) is 7. The number of furan rings is 1. The monoisotopic (exact) mass is 475 g/mol. The van der Waals surface area contributed by atoms with E-state index in [0.717, 1.165) is 27.1 Å². The zero-order chi connectivity index (χ0) is 22.8. The van der Waals surface area contributed by atoms with E-state index in [0.29, 0.717) is 28.4 Å². The molecule has 1 amide bonds. The molecule has 0 saturated heterocycles. The largest absolute Gasteiger partial charge is 0.453 e. The molecule has 0 radical (unpaired) electrons. The number of thioether (sulfide) groups is 1. The van der Waals surface area contributed by atoms with E-state index in [1.54, 1.807) is 0 Å². The van der Waals surface area contributed by atoms with Gasteiger partial charge in [0.05, 0.1) is 11.4 Å². The zero-order valence-electron chi connectivity index (χ0n) is 18.1. The second kappa shape index (κ2) is 9.21. The van der Waals surface area contributed by atoms with Gasteiger partial charge in [-0.15, -0.1) is 21.5 Å². The summed E-state index contributed by atoms with van der Waals surface area (Å²) < 4.78 is 7.90. The quantitative estimate of drug-likeness (QED) is 0.296. The third-order valence-corrected chi connectivity index (χ3v) is 6.95. The van der Waals surface area contributed by atoms with Crippen molar-refractivity contribution in [1.29, 1.82) is 0 Å². The second-order valence-corrected chi connectivity index (χ2v) is 9.47. The lowest BCUT2D eigenvalue weighted by atomic mass is 10.1. The van der Waals surface area contributed by atoms with E-state index in [9.17, 15) is 4.79 Å². The second-order valence-electron chi connectivity index (χ2n) is 7.33. The van der Waals surface area contributed by atoms with Crippen molar-refractivity contribution < 1.29 is 9.21 Å². The highest BCUT2D eigenvalue weighted by molar-refractivity contribution is 7.99. The Morgan fingerprint density at radius 1 is 1.12 bits per heavy atom. The average molecular weight is 476 g/mol. The van der Waals surface area contributed by atoms with Gasteiger partial charge in [-0.25, -0.2) is 4.98 Å². The van der Waals surface area contributed by atoms with E-state index in [4.69, 9.17) is 4.42 Å². The molecule has 0 aliphatic carbocycles. The molecule has 7 nitrogen and oxygen atoms in total. The molecule has 3 aromatic heterocycles. The van der Waals surface area contributed by atoms with Crippen molar-refractivity contribution in [3.05, 3.63) is 65.5 Å². The molecule has 0 unspecified atom stereocenters. The average Bonchev–Trinajstić information content (AvgIpc) is 3.54. The molecule has 2 aromatic carbocycles. The van der Waals surface area contributed by atoms with Gasteiger partial charge in [0.15, 0.2) is 16.0 Å². The van der Waals surface area contributed by atoms with Crippen molar-refractivity contribution >= 4 is 45.1 Å². The number of hydrogen-bond donors (Lipinski definition) is 1. The first-order valence-electron chi connectivity index (χ1n) is 10.5. The molecule has 0 aliphatic rings. The molecule has 0 aliphatic heterocycles. The minimum atomic E-state index is -0.135. The van der Waals surface area contributed by atoms with Crippen LogP contribution in [0.25, 0.3) is 33.8 Å². The van der Waals surface area contributed by atoms with Crippen molar-refractivity contribution in [2.24, 2.45) is 0 Å². The van der Waals surface area contributed by atoms with Gasteiger partial charge in [-0.2, -0.15) is 0 Å². The summed E-state index contributed by atoms with van der Waals surface area (Å²) in [6.45, 7) is 4.69. The fourth-order valence-corrected chi connectivity index (χ4v) is 5.21. The lowest BCUT2D eigenvalue weighted by Crippen LogP contribution is -2.14. The molecule has 9 heteroatoms. The van der Waals surface area contributed by atoms with Crippen molar-refractivity contribution in [2.45, 2.75) is 25.5 Å². The number of nitrogens with one attached hydrogen (secondary N) is 1. The summed E-state index contributed by atoms with van der Waals surface area (Å²) in [6, 6.07) is 19.8. The molecule has 1 N–H and O–H groups in total. The predicted octanol–water partition coefficient (Wildman–Crippen LogP) is 5.87. The molecule has 0 atom stereocenters. The van der Waals surface area contributed by atoms with Crippen molar-refractivity contribution in [3.63, 3.8) is 0 Å². The number of aryl methyl sites for hydroxylation is 1. The SMILES string of the molecule is CCn1c(SCC(=O)Nc2nc(-c3ccccc3)c(C)s2)nnc1-c1cc2ccccc2o1. The molecular weight excluding hydrogens is 454 g/mol. The Kier molecular flexibility index (Phi) is 5.97. The summed E-state index contributed by atoms with van der Waals surface area (Å²) in [6.07, 6.45) is 0. The van der Waals surface area contributed by atoms with Crippen LogP contribution in [0.1, 0.15) is 11.8 Å². The van der Waals surface area contributed by atoms with Gasteiger partial charge in [0.2, 0.25) is 11.7 Å². The van der Waals surface area contributed by atoms with E-state index in [2.05, 4.69) is 20.5 Å². The Hall–Kier alpha value is -3.43. The van der Waals surface area contributed by atoms with Crippen LogP contribution in [0.5, 0.6) is 0 Å². The zero-order valence-corrected chi connectivity index (χ0v) is 19.7. The molecule has 5 rings (SSSR count). The molecule has 166 valence electrons. The van der Waals surface area contributed by atoms with Gasteiger partial charge in [0, 0.05) is 22.4 Å². The van der Waals surface area contributed by atoms with Gasteiger partial charge >= 0.3 is 0 Å². The third-order valence-electron chi connectivity index (χ3n) is 5.10. The van der Waals surface area contributed by atoms with Crippen LogP contribution in [-0.2, 0) is 11.3 Å². The highest BCUT2D eigenvalue weighted by atomic mass is 32.2. The predicted molar refractivity (Wildman–Crippen MR) is 133 cm³/mol. The van der Waals surface area contributed by atoms with Crippen molar-refractivity contribution in [1.82, 2.24) is 19.7 Å². The highest BCUT2D eigenvalue weighted by Crippen LogP contribution is 2.31. The van der Waals surface area contributed by atoms with Gasteiger partial charge in [-0.1, -0.05) is 60.3 Å². The van der Waals surface area contributed by atoms with Crippen LogP contribution in [0.2, 0.25) is 0 Å². The van der Waals surface area contributed by atoms with Crippen LogP contribution in [-0.4, -0.2) is 31.4 Å². The van der Waals surface area contributed by atoms with Crippen LogP contribution in [0.15, 0.2) is 70.2 Å².